The van der Waals surface area contributed by atoms with Crippen LogP contribution in [0.3, 0.4) is 0 Å². The van der Waals surface area contributed by atoms with Crippen molar-refractivity contribution in [2.75, 3.05) is 44.9 Å². The zero-order valence-corrected chi connectivity index (χ0v) is 16.6. The van der Waals surface area contributed by atoms with Gasteiger partial charge in [0.2, 0.25) is 5.91 Å². The number of carbonyl (C=O) groups is 1. The first-order chi connectivity index (χ1) is 11.5. The molecule has 6 nitrogen and oxygen atoms in total. The van der Waals surface area contributed by atoms with E-state index < -0.39 is 9.84 Å². The number of carbonyl (C=O) groups excluding carboxylic acids is 1. The monoisotopic (exact) mass is 394 g/mol. The molecule has 0 radical (unpaired) electrons. The van der Waals surface area contributed by atoms with Gasteiger partial charge >= 0.3 is 0 Å². The number of amides is 1. The SMILES string of the molecule is COCCN1C[C@H](NC(=O)CC2CCS(=O)(=O)CC2)[C@@H](C2CC2)C1.Cl. The van der Waals surface area contributed by atoms with E-state index in [9.17, 15) is 13.2 Å². The zero-order valence-electron chi connectivity index (χ0n) is 15.0. The topological polar surface area (TPSA) is 75.7 Å². The highest BCUT2D eigenvalue weighted by atomic mass is 35.5. The number of hydrogen-bond acceptors (Lipinski definition) is 5. The number of nitrogens with one attached hydrogen (secondary N) is 1. The third-order valence-electron chi connectivity index (χ3n) is 5.77. The lowest BCUT2D eigenvalue weighted by Crippen LogP contribution is -2.42. The maximum Gasteiger partial charge on any atom is 0.220 e. The molecule has 2 atom stereocenters. The van der Waals surface area contributed by atoms with Crippen LogP contribution in [0, 0.1) is 17.8 Å². The summed E-state index contributed by atoms with van der Waals surface area (Å²) in [5.74, 6) is 2.14. The number of rotatable bonds is 7. The lowest BCUT2D eigenvalue weighted by molar-refractivity contribution is -0.123. The van der Waals surface area contributed by atoms with Gasteiger partial charge in [-0.2, -0.15) is 0 Å². The number of methoxy groups -OCH3 is 1. The Balaban J connectivity index is 0.00000225. The van der Waals surface area contributed by atoms with Gasteiger partial charge in [0.25, 0.3) is 0 Å². The largest absolute Gasteiger partial charge is 0.383 e. The first-order valence-electron chi connectivity index (χ1n) is 9.18. The van der Waals surface area contributed by atoms with Gasteiger partial charge in [0.05, 0.1) is 18.1 Å². The fourth-order valence-electron chi connectivity index (χ4n) is 4.14. The summed E-state index contributed by atoms with van der Waals surface area (Å²) in [5, 5.41) is 3.25. The standard InChI is InChI=1S/C17H30N2O4S.ClH/c1-23-7-6-19-11-15(14-2-3-14)16(12-19)18-17(20)10-13-4-8-24(21,22)9-5-13;/h13-16H,2-12H2,1H3,(H,18,20);1H/t15-,16+;/m1./s1. The van der Waals surface area contributed by atoms with Crippen molar-refractivity contribution in [2.24, 2.45) is 17.8 Å². The molecule has 25 heavy (non-hydrogen) atoms. The number of likely N-dealkylation sites (tertiary alicyclic amines) is 1. The molecule has 2 aliphatic heterocycles. The second-order valence-electron chi connectivity index (χ2n) is 7.73. The molecule has 0 aromatic heterocycles. The minimum absolute atomic E-state index is 0. The van der Waals surface area contributed by atoms with Crippen LogP contribution in [0.25, 0.3) is 0 Å². The Morgan fingerprint density at radius 2 is 1.84 bits per heavy atom. The summed E-state index contributed by atoms with van der Waals surface area (Å²) in [4.78, 5) is 14.8. The van der Waals surface area contributed by atoms with E-state index in [4.69, 9.17) is 4.74 Å². The van der Waals surface area contributed by atoms with Gasteiger partial charge in [-0.25, -0.2) is 8.42 Å². The van der Waals surface area contributed by atoms with Crippen LogP contribution in [0.4, 0.5) is 0 Å². The molecule has 1 aliphatic carbocycles. The van der Waals surface area contributed by atoms with E-state index in [1.807, 2.05) is 0 Å². The van der Waals surface area contributed by atoms with Gasteiger partial charge in [-0.1, -0.05) is 0 Å². The first kappa shape index (κ1) is 20.9. The van der Waals surface area contributed by atoms with Gasteiger partial charge in [-0.3, -0.25) is 9.69 Å². The van der Waals surface area contributed by atoms with Crippen LogP contribution in [0.5, 0.6) is 0 Å². The second-order valence-corrected chi connectivity index (χ2v) is 10.0. The molecule has 0 aromatic rings. The quantitative estimate of drug-likeness (QED) is 0.699. The van der Waals surface area contributed by atoms with Crippen molar-refractivity contribution in [1.82, 2.24) is 10.2 Å². The van der Waals surface area contributed by atoms with Crippen LogP contribution in [-0.4, -0.2) is 70.1 Å². The van der Waals surface area contributed by atoms with Crippen molar-refractivity contribution in [3.8, 4) is 0 Å². The van der Waals surface area contributed by atoms with E-state index in [0.717, 1.165) is 32.2 Å². The summed E-state index contributed by atoms with van der Waals surface area (Å²) in [5.41, 5.74) is 0. The van der Waals surface area contributed by atoms with E-state index >= 15 is 0 Å². The van der Waals surface area contributed by atoms with Crippen molar-refractivity contribution in [2.45, 2.75) is 38.1 Å². The molecule has 2 saturated heterocycles. The maximum absolute atomic E-state index is 12.4. The minimum atomic E-state index is -2.85. The van der Waals surface area contributed by atoms with Gasteiger partial charge in [0, 0.05) is 39.2 Å². The Hall–Kier alpha value is -0.370. The van der Waals surface area contributed by atoms with E-state index in [1.54, 1.807) is 7.11 Å². The molecule has 1 saturated carbocycles. The molecule has 2 heterocycles. The molecule has 3 aliphatic rings. The maximum atomic E-state index is 12.4. The molecule has 146 valence electrons. The van der Waals surface area contributed by atoms with Crippen LogP contribution >= 0.6 is 12.4 Å². The molecule has 3 fully saturated rings. The van der Waals surface area contributed by atoms with E-state index in [0.29, 0.717) is 25.2 Å². The van der Waals surface area contributed by atoms with Crippen molar-refractivity contribution in [1.29, 1.82) is 0 Å². The predicted molar refractivity (Wildman–Crippen MR) is 99.7 cm³/mol. The Bertz CT molecular complexity index is 539. The van der Waals surface area contributed by atoms with E-state index in [-0.39, 0.29) is 41.8 Å². The van der Waals surface area contributed by atoms with Crippen molar-refractivity contribution < 1.29 is 17.9 Å². The first-order valence-corrected chi connectivity index (χ1v) is 11.0. The fraction of sp³-hybridized carbons (Fsp3) is 0.941. The number of hydrogen-bond donors (Lipinski definition) is 1. The Kier molecular flexibility index (Phi) is 7.55. The summed E-state index contributed by atoms with van der Waals surface area (Å²) >= 11 is 0. The van der Waals surface area contributed by atoms with Gasteiger partial charge in [0.15, 0.2) is 0 Å². The average Bonchev–Trinajstić information content (AvgIpc) is 3.30. The summed E-state index contributed by atoms with van der Waals surface area (Å²) < 4.78 is 28.2. The van der Waals surface area contributed by atoms with Crippen LogP contribution in [0.1, 0.15) is 32.1 Å². The lowest BCUT2D eigenvalue weighted by Gasteiger charge is -2.24. The molecule has 3 rings (SSSR count). The minimum Gasteiger partial charge on any atom is -0.383 e. The summed E-state index contributed by atoms with van der Waals surface area (Å²) in [6, 6.07) is 0.245. The number of sulfone groups is 1. The lowest BCUT2D eigenvalue weighted by atomic mass is 9.96. The normalized spacial score (nSPS) is 30.0. The molecule has 0 bridgehead atoms. The molecular formula is C17H31ClN2O4S. The zero-order chi connectivity index (χ0) is 17.2. The predicted octanol–water partition coefficient (Wildman–Crippen LogP) is 1.10. The second kappa shape index (κ2) is 9.02. The molecule has 0 spiro atoms. The van der Waals surface area contributed by atoms with Gasteiger partial charge < -0.3 is 10.1 Å². The highest BCUT2D eigenvalue weighted by Crippen LogP contribution is 2.41. The Morgan fingerprint density at radius 3 is 2.44 bits per heavy atom. The van der Waals surface area contributed by atoms with Crippen LogP contribution in [0.2, 0.25) is 0 Å². The van der Waals surface area contributed by atoms with Crippen LogP contribution in [0.15, 0.2) is 0 Å². The van der Waals surface area contributed by atoms with E-state index in [1.165, 1.54) is 12.8 Å². The molecule has 1 amide bonds. The fourth-order valence-corrected chi connectivity index (χ4v) is 5.73. The number of nitrogens with zero attached hydrogens (tertiary/aromatic N) is 1. The molecular weight excluding hydrogens is 364 g/mol. The van der Waals surface area contributed by atoms with Gasteiger partial charge in [0.1, 0.15) is 9.84 Å². The summed E-state index contributed by atoms with van der Waals surface area (Å²) in [6.45, 7) is 3.62. The number of ether oxygens (including phenoxy) is 1. The summed E-state index contributed by atoms with van der Waals surface area (Å²) in [6.07, 6.45) is 4.31. The highest BCUT2D eigenvalue weighted by Gasteiger charge is 2.42. The smallest absolute Gasteiger partial charge is 0.220 e. The van der Waals surface area contributed by atoms with Crippen LogP contribution < -0.4 is 5.32 Å². The molecule has 0 unspecified atom stereocenters. The van der Waals surface area contributed by atoms with Crippen molar-refractivity contribution >= 4 is 28.2 Å². The van der Waals surface area contributed by atoms with Crippen LogP contribution in [-0.2, 0) is 19.4 Å². The van der Waals surface area contributed by atoms with Crippen molar-refractivity contribution in [3.63, 3.8) is 0 Å². The summed E-state index contributed by atoms with van der Waals surface area (Å²) in [7, 11) is -1.13. The highest BCUT2D eigenvalue weighted by molar-refractivity contribution is 7.91. The third kappa shape index (κ3) is 6.08. The third-order valence-corrected chi connectivity index (χ3v) is 7.49. The van der Waals surface area contributed by atoms with E-state index in [2.05, 4.69) is 10.2 Å². The van der Waals surface area contributed by atoms with Crippen molar-refractivity contribution in [3.05, 3.63) is 0 Å². The number of halogens is 1. The molecule has 0 aromatic carbocycles. The Morgan fingerprint density at radius 1 is 1.16 bits per heavy atom. The van der Waals surface area contributed by atoms with Gasteiger partial charge in [-0.05, 0) is 43.4 Å². The Labute approximate surface area is 157 Å². The van der Waals surface area contributed by atoms with Gasteiger partial charge in [-0.15, -0.1) is 12.4 Å². The molecule has 8 heteroatoms. The average molecular weight is 395 g/mol. The molecule has 1 N–H and O–H groups in total.